The number of rotatable bonds is 6. The molecular weight excluding hydrogens is 354 g/mol. The molecule has 0 aliphatic rings. The van der Waals surface area contributed by atoms with Crippen LogP contribution in [0, 0.1) is 6.92 Å². The Balaban J connectivity index is 1.70. The van der Waals surface area contributed by atoms with Gasteiger partial charge in [0, 0.05) is 0 Å². The summed E-state index contributed by atoms with van der Waals surface area (Å²) in [4.78, 5) is 12.6. The molecule has 5 heteroatoms. The highest BCUT2D eigenvalue weighted by Crippen LogP contribution is 2.31. The Morgan fingerprint density at radius 2 is 1.64 bits per heavy atom. The number of phenols is 1. The van der Waals surface area contributed by atoms with Gasteiger partial charge in [-0.2, -0.15) is 0 Å². The topological polar surface area (TPSA) is 67.8 Å². The minimum atomic E-state index is -0.364. The molecule has 0 saturated carbocycles. The summed E-state index contributed by atoms with van der Waals surface area (Å²) in [5.41, 5.74) is 1.94. The van der Waals surface area contributed by atoms with Gasteiger partial charge in [-0.05, 0) is 61.4 Å². The largest absolute Gasteiger partial charge is 0.504 e. The molecule has 0 aromatic heterocycles. The van der Waals surface area contributed by atoms with E-state index in [1.54, 1.807) is 12.1 Å². The monoisotopic (exact) mass is 377 g/mol. The molecule has 0 bridgehead atoms. The molecule has 1 amide bonds. The van der Waals surface area contributed by atoms with Crippen molar-refractivity contribution in [1.29, 1.82) is 0 Å². The average Bonchev–Trinajstić information content (AvgIpc) is 2.70. The summed E-state index contributed by atoms with van der Waals surface area (Å²) in [6, 6.07) is 20.1. The molecule has 0 aliphatic heterocycles. The van der Waals surface area contributed by atoms with E-state index in [1.165, 1.54) is 7.11 Å². The Hall–Kier alpha value is -3.47. The van der Waals surface area contributed by atoms with Crippen molar-refractivity contribution in [3.05, 3.63) is 83.4 Å². The normalized spacial score (nSPS) is 11.5. The number of methoxy groups -OCH3 is 1. The average molecular weight is 377 g/mol. The van der Waals surface area contributed by atoms with E-state index in [-0.39, 0.29) is 29.0 Å². The number of aromatic hydroxyl groups is 1. The summed E-state index contributed by atoms with van der Waals surface area (Å²) in [5, 5.41) is 13.1. The van der Waals surface area contributed by atoms with Crippen LogP contribution in [-0.4, -0.2) is 18.1 Å². The predicted octanol–water partition coefficient (Wildman–Crippen LogP) is 4.99. The predicted molar refractivity (Wildman–Crippen MR) is 108 cm³/mol. The van der Waals surface area contributed by atoms with Gasteiger partial charge in [0.15, 0.2) is 11.5 Å². The first-order valence-corrected chi connectivity index (χ1v) is 8.99. The van der Waals surface area contributed by atoms with Crippen LogP contribution in [0.25, 0.3) is 0 Å². The van der Waals surface area contributed by atoms with Crippen LogP contribution in [0.2, 0.25) is 0 Å². The zero-order valence-electron chi connectivity index (χ0n) is 16.1. The maximum atomic E-state index is 12.6. The summed E-state index contributed by atoms with van der Waals surface area (Å²) in [5.74, 6) is 1.23. The Kier molecular flexibility index (Phi) is 5.84. The highest BCUT2D eigenvalue weighted by Gasteiger charge is 2.18. The first kappa shape index (κ1) is 19.3. The lowest BCUT2D eigenvalue weighted by Crippen LogP contribution is -2.26. The van der Waals surface area contributed by atoms with Gasteiger partial charge in [-0.1, -0.05) is 30.3 Å². The van der Waals surface area contributed by atoms with Gasteiger partial charge < -0.3 is 19.9 Å². The smallest absolute Gasteiger partial charge is 0.255 e. The lowest BCUT2D eigenvalue weighted by atomic mass is 10.1. The second-order valence-electron chi connectivity index (χ2n) is 6.54. The summed E-state index contributed by atoms with van der Waals surface area (Å²) in [7, 11) is 1.46. The first-order chi connectivity index (χ1) is 13.5. The van der Waals surface area contributed by atoms with Crippen molar-refractivity contribution in [2.24, 2.45) is 0 Å². The van der Waals surface area contributed by atoms with Gasteiger partial charge in [-0.15, -0.1) is 0 Å². The molecule has 28 heavy (non-hydrogen) atoms. The first-order valence-electron chi connectivity index (χ1n) is 8.99. The van der Waals surface area contributed by atoms with Crippen molar-refractivity contribution in [2.75, 3.05) is 7.11 Å². The number of hydrogen-bond acceptors (Lipinski definition) is 4. The van der Waals surface area contributed by atoms with Gasteiger partial charge in [-0.25, -0.2) is 0 Å². The van der Waals surface area contributed by atoms with Crippen LogP contribution in [-0.2, 0) is 0 Å². The molecule has 5 nitrogen and oxygen atoms in total. The summed E-state index contributed by atoms with van der Waals surface area (Å²) < 4.78 is 10.9. The maximum Gasteiger partial charge on any atom is 0.255 e. The zero-order chi connectivity index (χ0) is 20.1. The fourth-order valence-corrected chi connectivity index (χ4v) is 2.88. The lowest BCUT2D eigenvalue weighted by molar-refractivity contribution is 0.0936. The number of phenolic OH excluding ortho intramolecular Hbond substituents is 1. The molecule has 1 atom stereocenters. The van der Waals surface area contributed by atoms with Crippen molar-refractivity contribution in [3.8, 4) is 23.0 Å². The second-order valence-corrected chi connectivity index (χ2v) is 6.54. The molecule has 3 rings (SSSR count). The third-order valence-electron chi connectivity index (χ3n) is 4.39. The SMILES string of the molecule is COc1cc(C)cc(C(=O)NC(C)c2ccc(Oc3ccccc3)cc2)c1O. The fraction of sp³-hybridized carbons (Fsp3) is 0.174. The number of ether oxygens (including phenoxy) is 2. The molecule has 2 N–H and O–H groups in total. The number of carbonyl (C=O) groups excluding carboxylic acids is 1. The van der Waals surface area contributed by atoms with E-state index in [2.05, 4.69) is 5.32 Å². The standard InChI is InChI=1S/C23H23NO4/c1-15-13-20(22(25)21(14-15)27-3)23(26)24-16(2)17-9-11-19(12-10-17)28-18-7-5-4-6-8-18/h4-14,16,25H,1-3H3,(H,24,26). The number of nitrogens with one attached hydrogen (secondary N) is 1. The van der Waals surface area contributed by atoms with Gasteiger partial charge in [0.2, 0.25) is 0 Å². The molecule has 1 unspecified atom stereocenters. The molecule has 3 aromatic rings. The van der Waals surface area contributed by atoms with Crippen molar-refractivity contribution in [2.45, 2.75) is 19.9 Å². The third-order valence-corrected chi connectivity index (χ3v) is 4.39. The van der Waals surface area contributed by atoms with Gasteiger partial charge in [0.25, 0.3) is 5.91 Å². The van der Waals surface area contributed by atoms with E-state index >= 15 is 0 Å². The Morgan fingerprint density at radius 1 is 1.00 bits per heavy atom. The Bertz CT molecular complexity index is 952. The number of aryl methyl sites for hydroxylation is 1. The van der Waals surface area contributed by atoms with Crippen molar-refractivity contribution in [1.82, 2.24) is 5.32 Å². The van der Waals surface area contributed by atoms with E-state index in [0.717, 1.165) is 22.6 Å². The number of para-hydroxylation sites is 1. The molecule has 0 fully saturated rings. The molecule has 0 saturated heterocycles. The van der Waals surface area contributed by atoms with Gasteiger partial charge in [0.1, 0.15) is 11.5 Å². The van der Waals surface area contributed by atoms with E-state index in [1.807, 2.05) is 68.4 Å². The fourth-order valence-electron chi connectivity index (χ4n) is 2.88. The minimum Gasteiger partial charge on any atom is -0.504 e. The van der Waals surface area contributed by atoms with Crippen LogP contribution in [0.1, 0.15) is 34.5 Å². The molecule has 0 spiro atoms. The molecule has 0 aliphatic carbocycles. The number of benzene rings is 3. The van der Waals surface area contributed by atoms with Crippen molar-refractivity contribution < 1.29 is 19.4 Å². The van der Waals surface area contributed by atoms with Gasteiger partial charge in [-0.3, -0.25) is 4.79 Å². The highest BCUT2D eigenvalue weighted by atomic mass is 16.5. The molecule has 3 aromatic carbocycles. The molecular formula is C23H23NO4. The minimum absolute atomic E-state index is 0.163. The molecule has 0 radical (unpaired) electrons. The van der Waals surface area contributed by atoms with Crippen LogP contribution in [0.5, 0.6) is 23.0 Å². The quantitative estimate of drug-likeness (QED) is 0.635. The molecule has 144 valence electrons. The van der Waals surface area contributed by atoms with E-state index in [0.29, 0.717) is 0 Å². The van der Waals surface area contributed by atoms with Gasteiger partial charge in [0.05, 0.1) is 18.7 Å². The van der Waals surface area contributed by atoms with Crippen LogP contribution in [0.4, 0.5) is 0 Å². The Morgan fingerprint density at radius 3 is 2.29 bits per heavy atom. The third kappa shape index (κ3) is 4.43. The number of hydrogen-bond donors (Lipinski definition) is 2. The zero-order valence-corrected chi connectivity index (χ0v) is 16.1. The number of carbonyl (C=O) groups is 1. The lowest BCUT2D eigenvalue weighted by Gasteiger charge is -2.16. The van der Waals surface area contributed by atoms with E-state index in [9.17, 15) is 9.90 Å². The van der Waals surface area contributed by atoms with Crippen LogP contribution in [0.3, 0.4) is 0 Å². The van der Waals surface area contributed by atoms with Crippen molar-refractivity contribution in [3.63, 3.8) is 0 Å². The highest BCUT2D eigenvalue weighted by molar-refractivity contribution is 5.98. The van der Waals surface area contributed by atoms with Crippen molar-refractivity contribution >= 4 is 5.91 Å². The van der Waals surface area contributed by atoms with E-state index in [4.69, 9.17) is 9.47 Å². The van der Waals surface area contributed by atoms with E-state index < -0.39 is 0 Å². The van der Waals surface area contributed by atoms with Crippen LogP contribution in [0.15, 0.2) is 66.7 Å². The summed E-state index contributed by atoms with van der Waals surface area (Å²) in [6.45, 7) is 3.72. The van der Waals surface area contributed by atoms with Gasteiger partial charge >= 0.3 is 0 Å². The summed E-state index contributed by atoms with van der Waals surface area (Å²) in [6.07, 6.45) is 0. The maximum absolute atomic E-state index is 12.6. The number of amides is 1. The summed E-state index contributed by atoms with van der Waals surface area (Å²) >= 11 is 0. The molecule has 0 heterocycles. The van der Waals surface area contributed by atoms with Crippen LogP contribution < -0.4 is 14.8 Å². The second kappa shape index (κ2) is 8.48. The Labute approximate surface area is 164 Å². The van der Waals surface area contributed by atoms with Crippen LogP contribution >= 0.6 is 0 Å².